The van der Waals surface area contributed by atoms with E-state index < -0.39 is 0 Å². The Labute approximate surface area is 119 Å². The minimum Gasteiger partial charge on any atom is -0.354 e. The lowest BCUT2D eigenvalue weighted by Gasteiger charge is -2.07. The number of hydrogen-bond acceptors (Lipinski definition) is 4. The van der Waals surface area contributed by atoms with Crippen LogP contribution in [-0.4, -0.2) is 32.7 Å². The summed E-state index contributed by atoms with van der Waals surface area (Å²) >= 11 is 3.36. The van der Waals surface area contributed by atoms with Gasteiger partial charge in [0.15, 0.2) is 11.5 Å². The number of halogens is 1. The van der Waals surface area contributed by atoms with Gasteiger partial charge in [0.2, 0.25) is 0 Å². The largest absolute Gasteiger partial charge is 0.354 e. The first-order valence-corrected chi connectivity index (χ1v) is 6.63. The first kappa shape index (κ1) is 13.7. The van der Waals surface area contributed by atoms with E-state index in [-0.39, 0.29) is 11.8 Å². The highest BCUT2D eigenvalue weighted by Gasteiger charge is 2.11. The van der Waals surface area contributed by atoms with Crippen molar-refractivity contribution in [2.45, 2.75) is 19.8 Å². The highest BCUT2D eigenvalue weighted by Crippen LogP contribution is 2.16. The topological polar surface area (TPSA) is 72.7 Å². The summed E-state index contributed by atoms with van der Waals surface area (Å²) in [6.07, 6.45) is 1.70. The van der Waals surface area contributed by atoms with Crippen LogP contribution in [0, 0.1) is 0 Å². The van der Waals surface area contributed by atoms with E-state index in [2.05, 4.69) is 36.3 Å². The van der Waals surface area contributed by atoms with E-state index in [9.17, 15) is 4.79 Å². The molecule has 0 aromatic carbocycles. The van der Waals surface area contributed by atoms with Gasteiger partial charge < -0.3 is 5.32 Å². The van der Waals surface area contributed by atoms with Crippen LogP contribution in [0.3, 0.4) is 0 Å². The maximum Gasteiger partial charge on any atom is 0.271 e. The van der Waals surface area contributed by atoms with E-state index in [1.54, 1.807) is 30.1 Å². The summed E-state index contributed by atoms with van der Waals surface area (Å²) in [7, 11) is 1.57. The van der Waals surface area contributed by atoms with Crippen LogP contribution in [0.1, 0.15) is 36.1 Å². The number of nitrogens with one attached hydrogen (secondary N) is 1. The van der Waals surface area contributed by atoms with Crippen LogP contribution in [0.5, 0.6) is 0 Å². The quantitative estimate of drug-likeness (QED) is 0.876. The van der Waals surface area contributed by atoms with Gasteiger partial charge in [-0.3, -0.25) is 4.79 Å². The normalized spacial score (nSPS) is 10.8. The fourth-order valence-corrected chi connectivity index (χ4v) is 1.89. The van der Waals surface area contributed by atoms with Crippen molar-refractivity contribution in [3.05, 3.63) is 34.5 Å². The van der Waals surface area contributed by atoms with Crippen molar-refractivity contribution < 1.29 is 4.79 Å². The summed E-state index contributed by atoms with van der Waals surface area (Å²) in [5, 5.41) is 6.72. The molecule has 1 amide bonds. The van der Waals surface area contributed by atoms with E-state index in [0.717, 1.165) is 5.82 Å². The van der Waals surface area contributed by atoms with E-state index in [0.29, 0.717) is 16.1 Å². The van der Waals surface area contributed by atoms with Gasteiger partial charge in [-0.15, -0.1) is 0 Å². The van der Waals surface area contributed by atoms with E-state index in [1.807, 2.05) is 13.8 Å². The Morgan fingerprint density at radius 2 is 2.16 bits per heavy atom. The lowest BCUT2D eigenvalue weighted by Crippen LogP contribution is -2.18. The van der Waals surface area contributed by atoms with Crippen LogP contribution >= 0.6 is 15.9 Å². The number of hydrogen-bond donors (Lipinski definition) is 1. The minimum atomic E-state index is -0.226. The Hall–Kier alpha value is -1.76. The van der Waals surface area contributed by atoms with E-state index in [4.69, 9.17) is 0 Å². The Kier molecular flexibility index (Phi) is 3.94. The molecule has 2 aromatic heterocycles. The molecular formula is C12H14BrN5O. The highest BCUT2D eigenvalue weighted by atomic mass is 79.9. The third-order valence-corrected chi connectivity index (χ3v) is 2.90. The second kappa shape index (κ2) is 5.48. The third-order valence-electron chi connectivity index (χ3n) is 2.50. The maximum absolute atomic E-state index is 11.5. The molecule has 0 spiro atoms. The van der Waals surface area contributed by atoms with Crippen molar-refractivity contribution in [3.63, 3.8) is 0 Å². The smallest absolute Gasteiger partial charge is 0.271 e. The van der Waals surface area contributed by atoms with Gasteiger partial charge in [-0.05, 0) is 22.0 Å². The number of aromatic nitrogens is 4. The van der Waals surface area contributed by atoms with Crippen molar-refractivity contribution in [1.82, 2.24) is 25.1 Å². The molecule has 0 fully saturated rings. The molecule has 2 rings (SSSR count). The van der Waals surface area contributed by atoms with Crippen LogP contribution in [0.2, 0.25) is 0 Å². The van der Waals surface area contributed by atoms with E-state index >= 15 is 0 Å². The van der Waals surface area contributed by atoms with Crippen LogP contribution in [0.15, 0.2) is 22.9 Å². The monoisotopic (exact) mass is 323 g/mol. The van der Waals surface area contributed by atoms with Gasteiger partial charge in [0.25, 0.3) is 5.91 Å². The van der Waals surface area contributed by atoms with Crippen molar-refractivity contribution in [2.24, 2.45) is 0 Å². The minimum absolute atomic E-state index is 0.213. The molecule has 1 N–H and O–H groups in total. The standard InChI is InChI=1S/C12H14BrN5O/c1-7(2)11-15-9(13)6-10(16-11)18-5-4-8(17-18)12(19)14-3/h4-7H,1-3H3,(H,14,19). The number of amides is 1. The molecule has 100 valence electrons. The van der Waals surface area contributed by atoms with Crippen LogP contribution in [0.25, 0.3) is 5.82 Å². The molecule has 0 bridgehead atoms. The first-order valence-electron chi connectivity index (χ1n) is 5.84. The number of carbonyl (C=O) groups excluding carboxylic acids is 1. The molecule has 0 aliphatic carbocycles. The summed E-state index contributed by atoms with van der Waals surface area (Å²) < 4.78 is 2.25. The second-order valence-electron chi connectivity index (χ2n) is 4.29. The van der Waals surface area contributed by atoms with Gasteiger partial charge in [-0.1, -0.05) is 13.8 Å². The predicted molar refractivity (Wildman–Crippen MR) is 74.3 cm³/mol. The summed E-state index contributed by atoms with van der Waals surface area (Å²) in [4.78, 5) is 20.2. The molecule has 7 heteroatoms. The molecule has 0 radical (unpaired) electrons. The molecule has 0 atom stereocenters. The summed E-state index contributed by atoms with van der Waals surface area (Å²) in [6.45, 7) is 4.04. The Morgan fingerprint density at radius 3 is 2.79 bits per heavy atom. The van der Waals surface area contributed by atoms with Crippen LogP contribution in [-0.2, 0) is 0 Å². The van der Waals surface area contributed by atoms with Crippen molar-refractivity contribution >= 4 is 21.8 Å². The fraction of sp³-hybridized carbons (Fsp3) is 0.333. The van der Waals surface area contributed by atoms with Gasteiger partial charge >= 0.3 is 0 Å². The van der Waals surface area contributed by atoms with Gasteiger partial charge in [0.05, 0.1) is 0 Å². The molecule has 6 nitrogen and oxygen atoms in total. The molecule has 2 aromatic rings. The molecule has 0 saturated carbocycles. The van der Waals surface area contributed by atoms with Gasteiger partial charge in [0.1, 0.15) is 10.4 Å². The SMILES string of the molecule is CNC(=O)c1ccn(-c2cc(Br)nc(C(C)C)n2)n1. The average molecular weight is 324 g/mol. The molecule has 0 unspecified atom stereocenters. The zero-order valence-corrected chi connectivity index (χ0v) is 12.5. The zero-order valence-electron chi connectivity index (χ0n) is 10.9. The van der Waals surface area contributed by atoms with Crippen LogP contribution < -0.4 is 5.32 Å². The number of nitrogens with zero attached hydrogens (tertiary/aromatic N) is 4. The molecule has 0 saturated heterocycles. The highest BCUT2D eigenvalue weighted by molar-refractivity contribution is 9.10. The zero-order chi connectivity index (χ0) is 14.0. The van der Waals surface area contributed by atoms with Gasteiger partial charge in [0, 0.05) is 25.2 Å². The van der Waals surface area contributed by atoms with Crippen molar-refractivity contribution in [3.8, 4) is 5.82 Å². The van der Waals surface area contributed by atoms with Gasteiger partial charge in [-0.2, -0.15) is 5.10 Å². The Morgan fingerprint density at radius 1 is 1.42 bits per heavy atom. The number of rotatable bonds is 3. The molecule has 2 heterocycles. The third kappa shape index (κ3) is 2.98. The molecule has 0 aliphatic heterocycles. The van der Waals surface area contributed by atoms with Crippen molar-refractivity contribution in [2.75, 3.05) is 7.05 Å². The molecule has 19 heavy (non-hydrogen) atoms. The molecular weight excluding hydrogens is 310 g/mol. The predicted octanol–water partition coefficient (Wildman–Crippen LogP) is 1.91. The summed E-state index contributed by atoms with van der Waals surface area (Å²) in [6, 6.07) is 3.40. The van der Waals surface area contributed by atoms with Gasteiger partial charge in [-0.25, -0.2) is 14.6 Å². The first-order chi connectivity index (χ1) is 9.01. The fourth-order valence-electron chi connectivity index (χ4n) is 1.50. The lowest BCUT2D eigenvalue weighted by atomic mass is 10.2. The summed E-state index contributed by atoms with van der Waals surface area (Å²) in [5.74, 6) is 1.34. The van der Waals surface area contributed by atoms with Crippen LogP contribution in [0.4, 0.5) is 0 Å². The van der Waals surface area contributed by atoms with Crippen molar-refractivity contribution in [1.29, 1.82) is 0 Å². The second-order valence-corrected chi connectivity index (χ2v) is 5.10. The average Bonchev–Trinajstić information content (AvgIpc) is 2.86. The lowest BCUT2D eigenvalue weighted by molar-refractivity contribution is 0.0957. The maximum atomic E-state index is 11.5. The van der Waals surface area contributed by atoms with E-state index in [1.165, 1.54) is 0 Å². The Balaban J connectivity index is 2.41. The Bertz CT molecular complexity index is 608. The molecule has 0 aliphatic rings. The number of carbonyl (C=O) groups is 1. The summed E-state index contributed by atoms with van der Waals surface area (Å²) in [5.41, 5.74) is 0.350.